The molecule has 3 aromatic rings. The monoisotopic (exact) mass is 441 g/mol. The van der Waals surface area contributed by atoms with E-state index in [-0.39, 0.29) is 12.3 Å². The van der Waals surface area contributed by atoms with E-state index in [0.29, 0.717) is 27.3 Å². The molecule has 0 radical (unpaired) electrons. The number of aliphatic hydroxyl groups is 1. The molecule has 3 rings (SSSR count). The SMILES string of the molecule is CN(C)CCn1nnc(SCC(O)(Cn2ccnc2)c2ccc(Cl)cc2Cl)n1. The summed E-state index contributed by atoms with van der Waals surface area (Å²) in [5.41, 5.74) is -0.693. The molecule has 1 atom stereocenters. The van der Waals surface area contributed by atoms with E-state index in [1.54, 1.807) is 46.3 Å². The maximum atomic E-state index is 11.5. The van der Waals surface area contributed by atoms with Crippen molar-refractivity contribution in [1.82, 2.24) is 34.7 Å². The molecular formula is C17H21Cl2N7OS. The highest BCUT2D eigenvalue weighted by molar-refractivity contribution is 7.99. The molecule has 150 valence electrons. The Morgan fingerprint density at radius 2 is 2.11 bits per heavy atom. The minimum absolute atomic E-state index is 0.274. The van der Waals surface area contributed by atoms with Crippen molar-refractivity contribution in [2.24, 2.45) is 0 Å². The number of aromatic nitrogens is 6. The Morgan fingerprint density at radius 1 is 1.29 bits per heavy atom. The summed E-state index contributed by atoms with van der Waals surface area (Å²) in [5.74, 6) is 0.284. The molecule has 28 heavy (non-hydrogen) atoms. The number of nitrogens with zero attached hydrogens (tertiary/aromatic N) is 7. The largest absolute Gasteiger partial charge is 0.382 e. The van der Waals surface area contributed by atoms with E-state index < -0.39 is 5.60 Å². The van der Waals surface area contributed by atoms with Gasteiger partial charge in [0.2, 0.25) is 5.16 Å². The van der Waals surface area contributed by atoms with Gasteiger partial charge in [-0.25, -0.2) is 4.98 Å². The quantitative estimate of drug-likeness (QED) is 0.510. The van der Waals surface area contributed by atoms with Crippen LogP contribution in [0.3, 0.4) is 0 Å². The zero-order chi connectivity index (χ0) is 20.1. The number of imidazole rings is 1. The first-order valence-electron chi connectivity index (χ1n) is 8.55. The fourth-order valence-electron chi connectivity index (χ4n) is 2.61. The smallest absolute Gasteiger partial charge is 0.231 e. The Morgan fingerprint density at radius 3 is 2.79 bits per heavy atom. The van der Waals surface area contributed by atoms with Crippen LogP contribution in [0.15, 0.2) is 42.1 Å². The van der Waals surface area contributed by atoms with Crippen LogP contribution in [0.1, 0.15) is 5.56 Å². The molecule has 2 aromatic heterocycles. The van der Waals surface area contributed by atoms with Gasteiger partial charge in [0, 0.05) is 40.3 Å². The molecule has 1 unspecified atom stereocenters. The van der Waals surface area contributed by atoms with Gasteiger partial charge >= 0.3 is 0 Å². The highest BCUT2D eigenvalue weighted by atomic mass is 35.5. The van der Waals surface area contributed by atoms with Crippen LogP contribution >= 0.6 is 35.0 Å². The molecule has 0 amide bonds. The summed E-state index contributed by atoms with van der Waals surface area (Å²) in [6, 6.07) is 5.07. The lowest BCUT2D eigenvalue weighted by atomic mass is 9.95. The molecule has 1 aromatic carbocycles. The maximum absolute atomic E-state index is 11.5. The van der Waals surface area contributed by atoms with Crippen LogP contribution in [0, 0.1) is 0 Å². The van der Waals surface area contributed by atoms with Crippen LogP contribution in [-0.2, 0) is 18.7 Å². The molecule has 0 aliphatic heterocycles. The summed E-state index contributed by atoms with van der Waals surface area (Å²) >= 11 is 13.7. The highest BCUT2D eigenvalue weighted by Gasteiger charge is 2.33. The number of rotatable bonds is 9. The summed E-state index contributed by atoms with van der Waals surface area (Å²) < 4.78 is 1.80. The van der Waals surface area contributed by atoms with Gasteiger partial charge < -0.3 is 14.6 Å². The molecule has 11 heteroatoms. The van der Waals surface area contributed by atoms with Gasteiger partial charge in [-0.05, 0) is 31.4 Å². The third-order valence-electron chi connectivity index (χ3n) is 4.06. The Bertz CT molecular complexity index is 903. The second-order valence-electron chi connectivity index (χ2n) is 6.65. The van der Waals surface area contributed by atoms with E-state index in [1.165, 1.54) is 11.8 Å². The summed E-state index contributed by atoms with van der Waals surface area (Å²) in [6.07, 6.45) is 5.10. The molecule has 0 saturated carbocycles. The van der Waals surface area contributed by atoms with Crippen molar-refractivity contribution >= 4 is 35.0 Å². The lowest BCUT2D eigenvalue weighted by Gasteiger charge is -2.29. The van der Waals surface area contributed by atoms with Crippen LogP contribution in [-0.4, -0.2) is 66.2 Å². The summed E-state index contributed by atoms with van der Waals surface area (Å²) in [7, 11) is 3.97. The predicted octanol–water partition coefficient (Wildman–Crippen LogP) is 2.42. The van der Waals surface area contributed by atoms with Gasteiger partial charge in [0.25, 0.3) is 0 Å². The average molecular weight is 442 g/mol. The number of tetrazole rings is 1. The van der Waals surface area contributed by atoms with E-state index >= 15 is 0 Å². The van der Waals surface area contributed by atoms with E-state index in [2.05, 4.69) is 20.4 Å². The summed E-state index contributed by atoms with van der Waals surface area (Å²) in [6.45, 7) is 1.73. The van der Waals surface area contributed by atoms with Gasteiger partial charge in [0.1, 0.15) is 5.60 Å². The van der Waals surface area contributed by atoms with Gasteiger partial charge in [-0.2, -0.15) is 4.80 Å². The molecule has 8 nitrogen and oxygen atoms in total. The highest BCUT2D eigenvalue weighted by Crippen LogP contribution is 2.35. The van der Waals surface area contributed by atoms with E-state index in [9.17, 15) is 5.11 Å². The third-order valence-corrected chi connectivity index (χ3v) is 5.65. The van der Waals surface area contributed by atoms with Crippen molar-refractivity contribution in [2.45, 2.75) is 23.8 Å². The average Bonchev–Trinajstić information content (AvgIpc) is 3.30. The van der Waals surface area contributed by atoms with Gasteiger partial charge in [0.05, 0.1) is 19.4 Å². The third kappa shape index (κ3) is 5.45. The van der Waals surface area contributed by atoms with E-state index in [1.807, 2.05) is 19.0 Å². The first-order chi connectivity index (χ1) is 13.4. The lowest BCUT2D eigenvalue weighted by molar-refractivity contribution is 0.0435. The number of hydrogen-bond donors (Lipinski definition) is 1. The topological polar surface area (TPSA) is 84.9 Å². The minimum atomic E-state index is -1.28. The number of hydrogen-bond acceptors (Lipinski definition) is 7. The Balaban J connectivity index is 1.78. The molecule has 0 saturated heterocycles. The second-order valence-corrected chi connectivity index (χ2v) is 8.44. The van der Waals surface area contributed by atoms with E-state index in [0.717, 1.165) is 6.54 Å². The molecule has 0 bridgehead atoms. The Kier molecular flexibility index (Phi) is 6.95. The lowest BCUT2D eigenvalue weighted by Crippen LogP contribution is -2.34. The molecule has 2 heterocycles. The van der Waals surface area contributed by atoms with Crippen LogP contribution in [0.2, 0.25) is 10.0 Å². The van der Waals surface area contributed by atoms with Crippen molar-refractivity contribution in [1.29, 1.82) is 0 Å². The molecule has 1 N–H and O–H groups in total. The molecule has 0 spiro atoms. The normalized spacial score (nSPS) is 13.8. The predicted molar refractivity (Wildman–Crippen MR) is 110 cm³/mol. The van der Waals surface area contributed by atoms with Gasteiger partial charge in [-0.1, -0.05) is 41.0 Å². The van der Waals surface area contributed by atoms with Gasteiger partial charge in [-0.3, -0.25) is 0 Å². The number of thioether (sulfide) groups is 1. The number of likely N-dealkylation sites (N-methyl/N-ethyl adjacent to an activating group) is 1. The summed E-state index contributed by atoms with van der Waals surface area (Å²) in [5, 5.41) is 25.4. The molecule has 0 fully saturated rings. The van der Waals surface area contributed by atoms with Crippen molar-refractivity contribution in [3.8, 4) is 0 Å². The van der Waals surface area contributed by atoms with Crippen LogP contribution in [0.25, 0.3) is 0 Å². The summed E-state index contributed by atoms with van der Waals surface area (Å²) in [4.78, 5) is 7.63. The van der Waals surface area contributed by atoms with Crippen molar-refractivity contribution < 1.29 is 5.11 Å². The number of benzene rings is 1. The molecule has 0 aliphatic carbocycles. The maximum Gasteiger partial charge on any atom is 0.231 e. The van der Waals surface area contributed by atoms with E-state index in [4.69, 9.17) is 23.2 Å². The van der Waals surface area contributed by atoms with Crippen molar-refractivity contribution in [3.05, 3.63) is 52.5 Å². The zero-order valence-electron chi connectivity index (χ0n) is 15.5. The Labute approximate surface area is 177 Å². The van der Waals surface area contributed by atoms with Crippen LogP contribution in [0.5, 0.6) is 0 Å². The van der Waals surface area contributed by atoms with Crippen molar-refractivity contribution in [3.63, 3.8) is 0 Å². The molecular weight excluding hydrogens is 421 g/mol. The fraction of sp³-hybridized carbons (Fsp3) is 0.412. The zero-order valence-corrected chi connectivity index (χ0v) is 17.9. The van der Waals surface area contributed by atoms with Crippen LogP contribution < -0.4 is 0 Å². The first kappa shape index (κ1) is 21.1. The minimum Gasteiger partial charge on any atom is -0.382 e. The standard InChI is InChI=1S/C17H21Cl2N7OS/c1-24(2)7-8-26-22-16(21-23-26)28-11-17(27,10-25-6-5-20-12-25)14-4-3-13(18)9-15(14)19/h3-6,9,12,27H,7-8,10-11H2,1-2H3. The fourth-order valence-corrected chi connectivity index (χ4v) is 4.06. The van der Waals surface area contributed by atoms with Crippen molar-refractivity contribution in [2.75, 3.05) is 26.4 Å². The molecule has 0 aliphatic rings. The van der Waals surface area contributed by atoms with Gasteiger partial charge in [-0.15, -0.1) is 10.2 Å². The number of halogens is 2. The van der Waals surface area contributed by atoms with Gasteiger partial charge in [0.15, 0.2) is 0 Å². The van der Waals surface area contributed by atoms with Crippen LogP contribution in [0.4, 0.5) is 0 Å². The first-order valence-corrected chi connectivity index (χ1v) is 10.3. The Hall–Kier alpha value is -1.65. The second kappa shape index (κ2) is 9.23.